The van der Waals surface area contributed by atoms with Crippen LogP contribution in [0.4, 0.5) is 13.2 Å². The molecule has 0 aliphatic carbocycles. The van der Waals surface area contributed by atoms with Crippen molar-refractivity contribution in [2.45, 2.75) is 27.7 Å². The monoisotopic (exact) mass is 340 g/mol. The SMILES string of the molecule is Cc1ccc(-c2cc(F)c(-c3cc(C)c(C)c(C)c3)c(F)c2)c(F)c1. The molecule has 0 saturated carbocycles. The van der Waals surface area contributed by atoms with Gasteiger partial charge >= 0.3 is 0 Å². The van der Waals surface area contributed by atoms with Gasteiger partial charge in [0.15, 0.2) is 0 Å². The van der Waals surface area contributed by atoms with Gasteiger partial charge in [-0.2, -0.15) is 0 Å². The highest BCUT2D eigenvalue weighted by molar-refractivity contribution is 5.73. The summed E-state index contributed by atoms with van der Waals surface area (Å²) in [4.78, 5) is 0. The van der Waals surface area contributed by atoms with Gasteiger partial charge in [-0.05, 0) is 79.3 Å². The van der Waals surface area contributed by atoms with Crippen molar-refractivity contribution in [3.8, 4) is 22.3 Å². The average molecular weight is 340 g/mol. The Balaban J connectivity index is 2.16. The number of halogens is 3. The fourth-order valence-corrected chi connectivity index (χ4v) is 3.04. The Morgan fingerprint density at radius 1 is 0.600 bits per heavy atom. The number of hydrogen-bond donors (Lipinski definition) is 0. The Morgan fingerprint density at radius 3 is 1.68 bits per heavy atom. The van der Waals surface area contributed by atoms with Gasteiger partial charge in [0.1, 0.15) is 17.5 Å². The maximum absolute atomic E-state index is 14.7. The van der Waals surface area contributed by atoms with Crippen LogP contribution in [-0.2, 0) is 0 Å². The lowest BCUT2D eigenvalue weighted by molar-refractivity contribution is 0.589. The Bertz CT molecular complexity index is 925. The summed E-state index contributed by atoms with van der Waals surface area (Å²) >= 11 is 0. The van der Waals surface area contributed by atoms with Crippen LogP contribution in [0.1, 0.15) is 22.3 Å². The molecule has 0 saturated heterocycles. The molecule has 0 aliphatic rings. The molecule has 0 heterocycles. The highest BCUT2D eigenvalue weighted by Gasteiger charge is 2.17. The highest BCUT2D eigenvalue weighted by atomic mass is 19.1. The summed E-state index contributed by atoms with van der Waals surface area (Å²) in [6.45, 7) is 7.57. The molecule has 3 aromatic rings. The van der Waals surface area contributed by atoms with Crippen molar-refractivity contribution in [1.82, 2.24) is 0 Å². The third-order valence-corrected chi connectivity index (χ3v) is 4.69. The number of rotatable bonds is 2. The Kier molecular flexibility index (Phi) is 4.42. The van der Waals surface area contributed by atoms with Crippen molar-refractivity contribution < 1.29 is 13.2 Å². The molecule has 0 spiro atoms. The quantitative estimate of drug-likeness (QED) is 0.488. The largest absolute Gasteiger partial charge is 0.206 e. The standard InChI is InChI=1S/C22H19F3/c1-12-5-6-18(19(23)7-12)16-10-20(24)22(21(25)11-16)17-8-13(2)15(4)14(3)9-17/h5-11H,1-4H3. The third-order valence-electron chi connectivity index (χ3n) is 4.69. The van der Waals surface area contributed by atoms with Crippen LogP contribution in [0.5, 0.6) is 0 Å². The molecule has 25 heavy (non-hydrogen) atoms. The van der Waals surface area contributed by atoms with E-state index in [-0.39, 0.29) is 16.7 Å². The second-order valence-electron chi connectivity index (χ2n) is 6.53. The molecule has 0 unspecified atom stereocenters. The lowest BCUT2D eigenvalue weighted by atomic mass is 9.94. The topological polar surface area (TPSA) is 0 Å². The van der Waals surface area contributed by atoms with Gasteiger partial charge in [0.25, 0.3) is 0 Å². The Labute approximate surface area is 146 Å². The molecule has 0 fully saturated rings. The zero-order chi connectivity index (χ0) is 18.3. The molecule has 3 heteroatoms. The minimum Gasteiger partial charge on any atom is -0.206 e. The average Bonchev–Trinajstić information content (AvgIpc) is 2.51. The van der Waals surface area contributed by atoms with Gasteiger partial charge < -0.3 is 0 Å². The predicted octanol–water partition coefficient (Wildman–Crippen LogP) is 6.67. The minimum atomic E-state index is -0.697. The van der Waals surface area contributed by atoms with Gasteiger partial charge in [-0.3, -0.25) is 0 Å². The van der Waals surface area contributed by atoms with Crippen LogP contribution in [0.2, 0.25) is 0 Å². The minimum absolute atomic E-state index is 0.0810. The van der Waals surface area contributed by atoms with Crippen LogP contribution in [0.3, 0.4) is 0 Å². The van der Waals surface area contributed by atoms with Crippen molar-refractivity contribution in [1.29, 1.82) is 0 Å². The number of aryl methyl sites for hydroxylation is 3. The maximum Gasteiger partial charge on any atom is 0.134 e. The normalized spacial score (nSPS) is 11.0. The maximum atomic E-state index is 14.7. The Hall–Kier alpha value is -2.55. The van der Waals surface area contributed by atoms with E-state index >= 15 is 0 Å². The zero-order valence-electron chi connectivity index (χ0n) is 14.7. The van der Waals surface area contributed by atoms with Crippen LogP contribution in [0, 0.1) is 45.1 Å². The fourth-order valence-electron chi connectivity index (χ4n) is 3.04. The molecule has 0 radical (unpaired) electrons. The fraction of sp³-hybridized carbons (Fsp3) is 0.182. The molecular weight excluding hydrogens is 321 g/mol. The second kappa shape index (κ2) is 6.40. The van der Waals surface area contributed by atoms with Gasteiger partial charge in [-0.1, -0.05) is 24.3 Å². The summed E-state index contributed by atoms with van der Waals surface area (Å²) in [7, 11) is 0. The first-order chi connectivity index (χ1) is 11.8. The van der Waals surface area contributed by atoms with E-state index < -0.39 is 17.5 Å². The van der Waals surface area contributed by atoms with Crippen LogP contribution >= 0.6 is 0 Å². The van der Waals surface area contributed by atoms with Crippen molar-refractivity contribution >= 4 is 0 Å². The second-order valence-corrected chi connectivity index (χ2v) is 6.53. The van der Waals surface area contributed by atoms with E-state index in [1.807, 2.05) is 20.8 Å². The van der Waals surface area contributed by atoms with Gasteiger partial charge in [0, 0.05) is 5.56 Å². The molecule has 3 rings (SSSR count). The van der Waals surface area contributed by atoms with Crippen molar-refractivity contribution in [3.05, 3.63) is 82.2 Å². The molecule has 0 nitrogen and oxygen atoms in total. The first kappa shape index (κ1) is 17.3. The third kappa shape index (κ3) is 3.19. The molecular formula is C22H19F3. The smallest absolute Gasteiger partial charge is 0.134 e. The van der Waals surface area contributed by atoms with E-state index in [0.717, 1.165) is 22.3 Å². The summed E-state index contributed by atoms with van der Waals surface area (Å²) in [5, 5.41) is 0. The molecule has 0 atom stereocenters. The molecule has 0 aromatic heterocycles. The van der Waals surface area contributed by atoms with E-state index in [9.17, 15) is 13.2 Å². The van der Waals surface area contributed by atoms with E-state index in [4.69, 9.17) is 0 Å². The van der Waals surface area contributed by atoms with Crippen LogP contribution in [-0.4, -0.2) is 0 Å². The van der Waals surface area contributed by atoms with Crippen LogP contribution < -0.4 is 0 Å². The molecule has 3 aromatic carbocycles. The summed E-state index contributed by atoms with van der Waals surface area (Å²) in [5.74, 6) is -1.89. The van der Waals surface area contributed by atoms with E-state index in [1.54, 1.807) is 31.2 Å². The van der Waals surface area contributed by atoms with Crippen molar-refractivity contribution in [2.75, 3.05) is 0 Å². The van der Waals surface area contributed by atoms with Crippen molar-refractivity contribution in [3.63, 3.8) is 0 Å². The van der Waals surface area contributed by atoms with Crippen LogP contribution in [0.15, 0.2) is 42.5 Å². The van der Waals surface area contributed by atoms with E-state index in [1.165, 1.54) is 18.2 Å². The Morgan fingerprint density at radius 2 is 1.16 bits per heavy atom. The predicted molar refractivity (Wildman–Crippen MR) is 96.1 cm³/mol. The summed E-state index contributed by atoms with van der Waals surface area (Å²) in [5.41, 5.74) is 4.59. The van der Waals surface area contributed by atoms with Gasteiger partial charge in [0.05, 0.1) is 5.56 Å². The highest BCUT2D eigenvalue weighted by Crippen LogP contribution is 2.33. The van der Waals surface area contributed by atoms with Crippen LogP contribution in [0.25, 0.3) is 22.3 Å². The number of hydrogen-bond acceptors (Lipinski definition) is 0. The first-order valence-corrected chi connectivity index (χ1v) is 8.11. The molecule has 0 amide bonds. The zero-order valence-corrected chi connectivity index (χ0v) is 14.7. The van der Waals surface area contributed by atoms with E-state index in [0.29, 0.717) is 5.56 Å². The molecule has 0 N–H and O–H groups in total. The van der Waals surface area contributed by atoms with Crippen molar-refractivity contribution in [2.24, 2.45) is 0 Å². The summed E-state index contributed by atoms with van der Waals surface area (Å²) < 4.78 is 43.5. The lowest BCUT2D eigenvalue weighted by Crippen LogP contribution is -1.96. The lowest BCUT2D eigenvalue weighted by Gasteiger charge is -2.13. The molecule has 0 aliphatic heterocycles. The van der Waals surface area contributed by atoms with Gasteiger partial charge in [-0.15, -0.1) is 0 Å². The van der Waals surface area contributed by atoms with Gasteiger partial charge in [0.2, 0.25) is 0 Å². The molecule has 0 bridgehead atoms. The number of benzene rings is 3. The first-order valence-electron chi connectivity index (χ1n) is 8.11. The molecule has 128 valence electrons. The van der Waals surface area contributed by atoms with E-state index in [2.05, 4.69) is 0 Å². The summed E-state index contributed by atoms with van der Waals surface area (Å²) in [6.07, 6.45) is 0. The van der Waals surface area contributed by atoms with Gasteiger partial charge in [-0.25, -0.2) is 13.2 Å². The summed E-state index contributed by atoms with van der Waals surface area (Å²) in [6, 6.07) is 10.5.